The van der Waals surface area contributed by atoms with Crippen LogP contribution >= 0.6 is 0 Å². The molecule has 1 rings (SSSR count). The number of aliphatic hydroxyl groups excluding tert-OH is 1. The summed E-state index contributed by atoms with van der Waals surface area (Å²) in [6.07, 6.45) is 6.54. The molecule has 1 aliphatic rings. The van der Waals surface area contributed by atoms with Gasteiger partial charge in [-0.3, -0.25) is 4.90 Å². The number of ether oxygens (including phenoxy) is 2. The number of nitrogens with zero attached hydrogens (tertiary/aromatic N) is 1. The number of rotatable bonds is 8. The summed E-state index contributed by atoms with van der Waals surface area (Å²) in [6.45, 7) is 3.41. The minimum atomic E-state index is -0.174. The second kappa shape index (κ2) is 9.73. The molecule has 0 aromatic carbocycles. The van der Waals surface area contributed by atoms with Gasteiger partial charge < -0.3 is 14.6 Å². The molecular formula is C14H29NO3. The van der Waals surface area contributed by atoms with Gasteiger partial charge in [0.05, 0.1) is 12.7 Å². The number of hydrogen-bond donors (Lipinski definition) is 1. The first-order valence-corrected chi connectivity index (χ1v) is 7.19. The van der Waals surface area contributed by atoms with Gasteiger partial charge in [-0.15, -0.1) is 0 Å². The monoisotopic (exact) mass is 259 g/mol. The van der Waals surface area contributed by atoms with Crippen molar-refractivity contribution in [3.8, 4) is 0 Å². The van der Waals surface area contributed by atoms with E-state index < -0.39 is 0 Å². The van der Waals surface area contributed by atoms with Crippen LogP contribution < -0.4 is 0 Å². The van der Waals surface area contributed by atoms with Gasteiger partial charge in [-0.05, 0) is 19.3 Å². The summed E-state index contributed by atoms with van der Waals surface area (Å²) in [5.41, 5.74) is 0. The molecule has 2 atom stereocenters. The maximum absolute atomic E-state index is 10.3. The van der Waals surface area contributed by atoms with Crippen LogP contribution in [0.3, 0.4) is 0 Å². The van der Waals surface area contributed by atoms with E-state index in [-0.39, 0.29) is 6.10 Å². The van der Waals surface area contributed by atoms with Gasteiger partial charge in [0.1, 0.15) is 0 Å². The molecule has 1 N–H and O–H groups in total. The van der Waals surface area contributed by atoms with Gasteiger partial charge in [0.15, 0.2) is 0 Å². The van der Waals surface area contributed by atoms with Crippen molar-refractivity contribution in [2.45, 2.75) is 50.7 Å². The van der Waals surface area contributed by atoms with Gasteiger partial charge in [0, 0.05) is 40.0 Å². The lowest BCUT2D eigenvalue weighted by Crippen LogP contribution is -2.45. The topological polar surface area (TPSA) is 41.9 Å². The molecule has 0 radical (unpaired) electrons. The van der Waals surface area contributed by atoms with Crippen molar-refractivity contribution in [3.63, 3.8) is 0 Å². The van der Waals surface area contributed by atoms with Crippen LogP contribution in [0.5, 0.6) is 0 Å². The average molecular weight is 259 g/mol. The summed E-state index contributed by atoms with van der Waals surface area (Å²) in [4.78, 5) is 2.39. The number of methoxy groups -OCH3 is 2. The molecule has 0 aliphatic heterocycles. The average Bonchev–Trinajstić information content (AvgIpc) is 2.59. The first-order chi connectivity index (χ1) is 8.79. The lowest BCUT2D eigenvalue weighted by molar-refractivity contribution is 0.0255. The summed E-state index contributed by atoms with van der Waals surface area (Å²) in [7, 11) is 3.47. The summed E-state index contributed by atoms with van der Waals surface area (Å²) in [5, 5.41) is 10.3. The third-order valence-corrected chi connectivity index (χ3v) is 3.79. The highest BCUT2D eigenvalue weighted by atomic mass is 16.5. The van der Waals surface area contributed by atoms with Gasteiger partial charge in [-0.1, -0.05) is 19.3 Å². The van der Waals surface area contributed by atoms with Gasteiger partial charge >= 0.3 is 0 Å². The van der Waals surface area contributed by atoms with Crippen molar-refractivity contribution < 1.29 is 14.6 Å². The third-order valence-electron chi connectivity index (χ3n) is 3.79. The van der Waals surface area contributed by atoms with Crippen LogP contribution in [0.4, 0.5) is 0 Å². The maximum atomic E-state index is 10.3. The second-order valence-electron chi connectivity index (χ2n) is 5.15. The Bertz CT molecular complexity index is 201. The molecule has 1 fully saturated rings. The van der Waals surface area contributed by atoms with Gasteiger partial charge in [0.2, 0.25) is 0 Å². The van der Waals surface area contributed by atoms with E-state index in [1.165, 1.54) is 12.8 Å². The van der Waals surface area contributed by atoms with Crippen molar-refractivity contribution in [1.29, 1.82) is 0 Å². The lowest BCUT2D eigenvalue weighted by atomic mass is 10.0. The molecule has 1 aliphatic carbocycles. The summed E-state index contributed by atoms with van der Waals surface area (Å²) in [5.74, 6) is 0. The molecule has 2 unspecified atom stereocenters. The Morgan fingerprint density at radius 2 is 1.72 bits per heavy atom. The first kappa shape index (κ1) is 15.9. The molecule has 0 saturated heterocycles. The van der Waals surface area contributed by atoms with Crippen LogP contribution in [0.2, 0.25) is 0 Å². The van der Waals surface area contributed by atoms with Gasteiger partial charge in [-0.2, -0.15) is 0 Å². The fourth-order valence-electron chi connectivity index (χ4n) is 2.76. The fourth-order valence-corrected chi connectivity index (χ4v) is 2.76. The van der Waals surface area contributed by atoms with Crippen LogP contribution in [0, 0.1) is 0 Å². The van der Waals surface area contributed by atoms with E-state index >= 15 is 0 Å². The fraction of sp³-hybridized carbons (Fsp3) is 1.00. The Labute approximate surface area is 111 Å². The van der Waals surface area contributed by atoms with Crippen LogP contribution in [-0.2, 0) is 9.47 Å². The molecule has 0 bridgehead atoms. The molecule has 108 valence electrons. The predicted molar refractivity (Wildman–Crippen MR) is 72.8 cm³/mol. The zero-order valence-corrected chi connectivity index (χ0v) is 11.9. The van der Waals surface area contributed by atoms with E-state index in [2.05, 4.69) is 4.90 Å². The summed E-state index contributed by atoms with van der Waals surface area (Å²) >= 11 is 0. The van der Waals surface area contributed by atoms with E-state index in [9.17, 15) is 5.11 Å². The quantitative estimate of drug-likeness (QED) is 0.532. The standard InChI is InChI=1S/C14H29NO3/c1-17-11-6-9-15(10-12-18-2)13-7-4-3-5-8-14(13)16/h13-14,16H,3-12H2,1-2H3. The van der Waals surface area contributed by atoms with Crippen LogP contribution in [0.25, 0.3) is 0 Å². The van der Waals surface area contributed by atoms with E-state index in [0.29, 0.717) is 6.04 Å². The van der Waals surface area contributed by atoms with E-state index in [1.54, 1.807) is 14.2 Å². The Morgan fingerprint density at radius 3 is 2.44 bits per heavy atom. The molecule has 4 nitrogen and oxygen atoms in total. The zero-order valence-electron chi connectivity index (χ0n) is 11.9. The van der Waals surface area contributed by atoms with Crippen LogP contribution in [0.1, 0.15) is 38.5 Å². The van der Waals surface area contributed by atoms with Crippen molar-refractivity contribution >= 4 is 0 Å². The van der Waals surface area contributed by atoms with Crippen molar-refractivity contribution in [3.05, 3.63) is 0 Å². The highest BCUT2D eigenvalue weighted by Gasteiger charge is 2.26. The Hall–Kier alpha value is -0.160. The third kappa shape index (κ3) is 5.65. The molecule has 4 heteroatoms. The Morgan fingerprint density at radius 1 is 1.00 bits per heavy atom. The molecule has 0 heterocycles. The maximum Gasteiger partial charge on any atom is 0.0695 e. The summed E-state index contributed by atoms with van der Waals surface area (Å²) < 4.78 is 10.3. The highest BCUT2D eigenvalue weighted by molar-refractivity contribution is 4.81. The zero-order chi connectivity index (χ0) is 13.2. The number of hydrogen-bond acceptors (Lipinski definition) is 4. The minimum absolute atomic E-state index is 0.174. The van der Waals surface area contributed by atoms with Crippen LogP contribution in [0.15, 0.2) is 0 Å². The largest absolute Gasteiger partial charge is 0.391 e. The molecule has 1 saturated carbocycles. The SMILES string of the molecule is COCCCN(CCOC)C1CCCCCC1O. The molecule has 0 aromatic rings. The van der Waals surface area contributed by atoms with E-state index in [0.717, 1.165) is 52.0 Å². The van der Waals surface area contributed by atoms with Crippen LogP contribution in [-0.4, -0.2) is 62.7 Å². The van der Waals surface area contributed by atoms with Crippen molar-refractivity contribution in [1.82, 2.24) is 4.90 Å². The Balaban J connectivity index is 2.48. The predicted octanol–water partition coefficient (Wildman–Crippen LogP) is 1.66. The van der Waals surface area contributed by atoms with E-state index in [4.69, 9.17) is 9.47 Å². The molecular weight excluding hydrogens is 230 g/mol. The first-order valence-electron chi connectivity index (χ1n) is 7.19. The summed E-state index contributed by atoms with van der Waals surface area (Å²) in [6, 6.07) is 0.305. The smallest absolute Gasteiger partial charge is 0.0695 e. The normalized spacial score (nSPS) is 25.3. The highest BCUT2D eigenvalue weighted by Crippen LogP contribution is 2.22. The second-order valence-corrected chi connectivity index (χ2v) is 5.15. The molecule has 0 aromatic heterocycles. The minimum Gasteiger partial charge on any atom is -0.391 e. The molecule has 0 amide bonds. The lowest BCUT2D eigenvalue weighted by Gasteiger charge is -2.33. The van der Waals surface area contributed by atoms with Crippen molar-refractivity contribution in [2.24, 2.45) is 0 Å². The number of aliphatic hydroxyl groups is 1. The van der Waals surface area contributed by atoms with Gasteiger partial charge in [-0.25, -0.2) is 0 Å². The van der Waals surface area contributed by atoms with Gasteiger partial charge in [0.25, 0.3) is 0 Å². The molecule has 18 heavy (non-hydrogen) atoms. The van der Waals surface area contributed by atoms with E-state index in [1.807, 2.05) is 0 Å². The van der Waals surface area contributed by atoms with Crippen molar-refractivity contribution in [2.75, 3.05) is 40.5 Å². The molecule has 0 spiro atoms. The Kier molecular flexibility index (Phi) is 8.59.